The Morgan fingerprint density at radius 2 is 2.00 bits per heavy atom. The summed E-state index contributed by atoms with van der Waals surface area (Å²) in [6.07, 6.45) is 0. The number of aromatic hydroxyl groups is 1. The molecule has 5 nitrogen and oxygen atoms in total. The highest BCUT2D eigenvalue weighted by Crippen LogP contribution is 2.22. The second-order valence-electron chi connectivity index (χ2n) is 4.36. The third-order valence-electron chi connectivity index (χ3n) is 2.66. The highest BCUT2D eigenvalue weighted by Gasteiger charge is 2.08. The second-order valence-corrected chi connectivity index (χ2v) is 4.36. The molecule has 3 N–H and O–H groups in total. The maximum absolute atomic E-state index is 11.3. The van der Waals surface area contributed by atoms with Crippen molar-refractivity contribution in [2.45, 2.75) is 13.0 Å². The van der Waals surface area contributed by atoms with Crippen LogP contribution in [0.25, 0.3) is 0 Å². The van der Waals surface area contributed by atoms with E-state index in [-0.39, 0.29) is 17.8 Å². The smallest absolute Gasteiger partial charge is 0.316 e. The van der Waals surface area contributed by atoms with Crippen LogP contribution in [0.2, 0.25) is 0 Å². The summed E-state index contributed by atoms with van der Waals surface area (Å²) in [4.78, 5) is 12.8. The molecule has 0 aliphatic rings. The van der Waals surface area contributed by atoms with Gasteiger partial charge in [0.1, 0.15) is 5.75 Å². The first-order chi connectivity index (χ1) is 8.52. The number of carbonyl (C=O) groups excluding carboxylic acids is 1. The van der Waals surface area contributed by atoms with Crippen LogP contribution in [0.15, 0.2) is 24.3 Å². The van der Waals surface area contributed by atoms with Crippen molar-refractivity contribution < 1.29 is 9.90 Å². The number of amides is 2. The Labute approximate surface area is 108 Å². The number of benzene rings is 1. The minimum Gasteiger partial charge on any atom is -0.508 e. The van der Waals surface area contributed by atoms with Crippen LogP contribution in [0.3, 0.4) is 0 Å². The van der Waals surface area contributed by atoms with E-state index in [9.17, 15) is 9.90 Å². The van der Waals surface area contributed by atoms with Crippen molar-refractivity contribution in [2.75, 3.05) is 27.2 Å². The van der Waals surface area contributed by atoms with Gasteiger partial charge in [0.15, 0.2) is 0 Å². The first-order valence-electron chi connectivity index (χ1n) is 5.98. The van der Waals surface area contributed by atoms with Gasteiger partial charge in [-0.2, -0.15) is 0 Å². The summed E-state index contributed by atoms with van der Waals surface area (Å²) in [5.74, 6) is 0.287. The molecule has 0 aliphatic heterocycles. The Bertz CT molecular complexity index is 394. The molecule has 1 unspecified atom stereocenters. The van der Waals surface area contributed by atoms with Gasteiger partial charge in [-0.15, -0.1) is 0 Å². The van der Waals surface area contributed by atoms with Gasteiger partial charge in [0.25, 0.3) is 0 Å². The number of hydrogen-bond donors (Lipinski definition) is 3. The first kappa shape index (κ1) is 14.3. The molecule has 0 heterocycles. The fourth-order valence-corrected chi connectivity index (χ4v) is 1.58. The number of hydrogen-bond acceptors (Lipinski definition) is 3. The Morgan fingerprint density at radius 1 is 1.33 bits per heavy atom. The Morgan fingerprint density at radius 3 is 2.61 bits per heavy atom. The van der Waals surface area contributed by atoms with Crippen LogP contribution in [0.1, 0.15) is 18.5 Å². The fraction of sp³-hybridized carbons (Fsp3) is 0.462. The average molecular weight is 251 g/mol. The molecular weight excluding hydrogens is 230 g/mol. The molecular formula is C13H21N3O2. The van der Waals surface area contributed by atoms with Gasteiger partial charge in [-0.1, -0.05) is 18.2 Å². The molecule has 0 radical (unpaired) electrons. The summed E-state index contributed by atoms with van der Waals surface area (Å²) in [6.45, 7) is 3.17. The Balaban J connectivity index is 2.32. The van der Waals surface area contributed by atoms with Crippen LogP contribution in [-0.2, 0) is 0 Å². The lowest BCUT2D eigenvalue weighted by Gasteiger charge is -2.16. The topological polar surface area (TPSA) is 64.6 Å². The van der Waals surface area contributed by atoms with E-state index >= 15 is 0 Å². The fourth-order valence-electron chi connectivity index (χ4n) is 1.58. The zero-order chi connectivity index (χ0) is 13.5. The molecule has 0 fully saturated rings. The maximum atomic E-state index is 11.3. The molecule has 0 aliphatic carbocycles. The van der Waals surface area contributed by atoms with Gasteiger partial charge in [-0.05, 0) is 13.0 Å². The Hall–Kier alpha value is -1.75. The van der Waals surface area contributed by atoms with Crippen LogP contribution in [0, 0.1) is 0 Å². The predicted octanol–water partition coefficient (Wildman–Crippen LogP) is 1.31. The lowest BCUT2D eigenvalue weighted by atomic mass is 10.1. The van der Waals surface area contributed by atoms with Gasteiger partial charge >= 0.3 is 6.03 Å². The molecule has 0 aromatic heterocycles. The minimum atomic E-state index is -0.105. The zero-order valence-corrected chi connectivity index (χ0v) is 11.1. The van der Waals surface area contributed by atoms with Crippen LogP contribution >= 0.6 is 0 Å². The van der Waals surface area contributed by atoms with E-state index in [0.29, 0.717) is 13.1 Å². The molecule has 0 saturated carbocycles. The van der Waals surface area contributed by atoms with Crippen molar-refractivity contribution in [1.82, 2.24) is 15.5 Å². The summed E-state index contributed by atoms with van der Waals surface area (Å²) in [5.41, 5.74) is 0.858. The van der Waals surface area contributed by atoms with Gasteiger partial charge in [0, 0.05) is 38.8 Å². The van der Waals surface area contributed by atoms with Crippen LogP contribution in [-0.4, -0.2) is 43.2 Å². The van der Waals surface area contributed by atoms with E-state index in [2.05, 4.69) is 10.6 Å². The molecule has 1 aromatic carbocycles. The first-order valence-corrected chi connectivity index (χ1v) is 5.98. The van der Waals surface area contributed by atoms with Crippen LogP contribution < -0.4 is 10.6 Å². The monoisotopic (exact) mass is 251 g/mol. The molecule has 1 rings (SSSR count). The highest BCUT2D eigenvalue weighted by molar-refractivity contribution is 5.73. The number of urea groups is 1. The summed E-state index contributed by atoms with van der Waals surface area (Å²) in [7, 11) is 3.40. The number of carbonyl (C=O) groups is 1. The van der Waals surface area contributed by atoms with E-state index in [0.717, 1.165) is 5.56 Å². The van der Waals surface area contributed by atoms with Gasteiger partial charge < -0.3 is 20.6 Å². The van der Waals surface area contributed by atoms with E-state index in [1.54, 1.807) is 26.2 Å². The molecule has 0 saturated heterocycles. The SMILES string of the molecule is CC(NCCNC(=O)N(C)C)c1ccccc1O. The minimum absolute atomic E-state index is 0.0439. The molecule has 100 valence electrons. The lowest BCUT2D eigenvalue weighted by Crippen LogP contribution is -2.38. The van der Waals surface area contributed by atoms with Gasteiger partial charge in [0.2, 0.25) is 0 Å². The number of phenolic OH excluding ortho intramolecular Hbond substituents is 1. The van der Waals surface area contributed by atoms with Gasteiger partial charge in [0.05, 0.1) is 0 Å². The standard InChI is InChI=1S/C13H21N3O2/c1-10(11-6-4-5-7-12(11)17)14-8-9-15-13(18)16(2)3/h4-7,10,14,17H,8-9H2,1-3H3,(H,15,18). The number of nitrogens with zero attached hydrogens (tertiary/aromatic N) is 1. The third-order valence-corrected chi connectivity index (χ3v) is 2.66. The van der Waals surface area contributed by atoms with Gasteiger partial charge in [-0.3, -0.25) is 0 Å². The van der Waals surface area contributed by atoms with E-state index in [4.69, 9.17) is 0 Å². The van der Waals surface area contributed by atoms with Crippen molar-refractivity contribution in [1.29, 1.82) is 0 Å². The number of para-hydroxylation sites is 1. The molecule has 0 bridgehead atoms. The molecule has 0 spiro atoms. The quantitative estimate of drug-likeness (QED) is 0.691. The number of rotatable bonds is 5. The van der Waals surface area contributed by atoms with Crippen molar-refractivity contribution in [3.8, 4) is 5.75 Å². The molecule has 2 amide bonds. The predicted molar refractivity (Wildman–Crippen MR) is 71.6 cm³/mol. The number of nitrogens with one attached hydrogen (secondary N) is 2. The zero-order valence-electron chi connectivity index (χ0n) is 11.1. The largest absolute Gasteiger partial charge is 0.508 e. The Kier molecular flexibility index (Phi) is 5.45. The van der Waals surface area contributed by atoms with E-state index in [1.807, 2.05) is 19.1 Å². The van der Waals surface area contributed by atoms with Crippen LogP contribution in [0.5, 0.6) is 5.75 Å². The van der Waals surface area contributed by atoms with E-state index < -0.39 is 0 Å². The second kappa shape index (κ2) is 6.86. The lowest BCUT2D eigenvalue weighted by molar-refractivity contribution is 0.217. The van der Waals surface area contributed by atoms with Gasteiger partial charge in [-0.25, -0.2) is 4.79 Å². The molecule has 1 atom stereocenters. The molecule has 1 aromatic rings. The summed E-state index contributed by atoms with van der Waals surface area (Å²) < 4.78 is 0. The van der Waals surface area contributed by atoms with Crippen molar-refractivity contribution in [2.24, 2.45) is 0 Å². The molecule has 18 heavy (non-hydrogen) atoms. The third kappa shape index (κ3) is 4.25. The van der Waals surface area contributed by atoms with Crippen molar-refractivity contribution in [3.63, 3.8) is 0 Å². The molecule has 5 heteroatoms. The maximum Gasteiger partial charge on any atom is 0.316 e. The normalized spacial score (nSPS) is 11.9. The van der Waals surface area contributed by atoms with Crippen molar-refractivity contribution >= 4 is 6.03 Å². The number of phenols is 1. The average Bonchev–Trinajstić information content (AvgIpc) is 2.34. The summed E-state index contributed by atoms with van der Waals surface area (Å²) in [5, 5.41) is 15.7. The highest BCUT2D eigenvalue weighted by atomic mass is 16.3. The summed E-state index contributed by atoms with van der Waals surface area (Å²) >= 11 is 0. The van der Waals surface area contributed by atoms with E-state index in [1.165, 1.54) is 4.90 Å². The summed E-state index contributed by atoms with van der Waals surface area (Å²) in [6, 6.07) is 7.17. The van der Waals surface area contributed by atoms with Crippen LogP contribution in [0.4, 0.5) is 4.79 Å². The van der Waals surface area contributed by atoms with Crippen molar-refractivity contribution in [3.05, 3.63) is 29.8 Å².